The molecular weight excluding hydrogens is 490 g/mol. The van der Waals surface area contributed by atoms with Crippen LogP contribution in [0.15, 0.2) is 54.6 Å². The number of piperazine rings is 1. The van der Waals surface area contributed by atoms with Crippen molar-refractivity contribution in [1.82, 2.24) is 20.4 Å². The highest BCUT2D eigenvalue weighted by molar-refractivity contribution is 6.00. The largest absolute Gasteiger partial charge is 0.342 e. The zero-order chi connectivity index (χ0) is 27.7. The van der Waals surface area contributed by atoms with Crippen LogP contribution in [-0.4, -0.2) is 71.9 Å². The van der Waals surface area contributed by atoms with Crippen molar-refractivity contribution in [2.45, 2.75) is 70.4 Å². The topological polar surface area (TPSA) is 93.8 Å². The third-order valence-electron chi connectivity index (χ3n) is 7.98. The molecule has 4 rings (SSSR count). The second-order valence-corrected chi connectivity index (χ2v) is 10.9. The van der Waals surface area contributed by atoms with Gasteiger partial charge in [-0.1, -0.05) is 49.4 Å². The molecule has 2 heterocycles. The summed E-state index contributed by atoms with van der Waals surface area (Å²) in [5.74, 6) is 0.0400. The molecule has 8 nitrogen and oxygen atoms in total. The summed E-state index contributed by atoms with van der Waals surface area (Å²) in [6.07, 6.45) is 5.20. The van der Waals surface area contributed by atoms with Crippen molar-refractivity contribution in [3.05, 3.63) is 65.7 Å². The number of urea groups is 1. The van der Waals surface area contributed by atoms with Crippen LogP contribution >= 0.6 is 0 Å². The number of hydrogen-bond acceptors (Lipinski definition) is 4. The average molecular weight is 534 g/mol. The Balaban J connectivity index is 1.23. The molecule has 0 unspecified atom stereocenters. The maximum Gasteiger partial charge on any atom is 0.319 e. The second-order valence-electron chi connectivity index (χ2n) is 10.9. The van der Waals surface area contributed by atoms with Gasteiger partial charge in [-0.2, -0.15) is 0 Å². The molecule has 2 aliphatic rings. The second kappa shape index (κ2) is 13.6. The normalized spacial score (nSPS) is 19.1. The average Bonchev–Trinajstić information content (AvgIpc) is 2.94. The Kier molecular flexibility index (Phi) is 9.98. The van der Waals surface area contributed by atoms with Crippen LogP contribution in [0.25, 0.3) is 0 Å². The Morgan fingerprint density at radius 1 is 1.03 bits per heavy atom. The van der Waals surface area contributed by atoms with Crippen molar-refractivity contribution in [1.29, 1.82) is 0 Å². The number of rotatable bonds is 11. The molecule has 1 atom stereocenters. The lowest BCUT2D eigenvalue weighted by Crippen LogP contribution is -2.72. The molecule has 2 saturated heterocycles. The van der Waals surface area contributed by atoms with Gasteiger partial charge < -0.3 is 25.8 Å². The third-order valence-corrected chi connectivity index (χ3v) is 7.98. The Hall–Kier alpha value is -3.39. The predicted octanol–water partition coefficient (Wildman–Crippen LogP) is 4.10. The monoisotopic (exact) mass is 533 g/mol. The van der Waals surface area contributed by atoms with E-state index < -0.39 is 11.6 Å². The molecule has 1 spiro atoms. The molecule has 4 amide bonds. The lowest BCUT2D eigenvalue weighted by molar-refractivity contribution is -0.161. The molecule has 0 radical (unpaired) electrons. The summed E-state index contributed by atoms with van der Waals surface area (Å²) in [5, 5.41) is 8.79. The van der Waals surface area contributed by atoms with Crippen molar-refractivity contribution in [3.63, 3.8) is 0 Å². The number of benzene rings is 2. The van der Waals surface area contributed by atoms with Gasteiger partial charge in [0.2, 0.25) is 11.8 Å². The van der Waals surface area contributed by atoms with Crippen molar-refractivity contribution < 1.29 is 14.4 Å². The first-order chi connectivity index (χ1) is 18.9. The highest BCUT2D eigenvalue weighted by Crippen LogP contribution is 2.34. The molecule has 210 valence electrons. The highest BCUT2D eigenvalue weighted by Gasteiger charge is 2.52. The fraction of sp³-hybridized carbons (Fsp3) is 0.516. The standard InChI is InChI=1S/C31H43N5O3/c1-3-19-36-28(37)27(14-7-8-18-32-30(39)33-26-13-9-10-24(2)23-26)34-29(38)31(36)16-21-35(22-17-31)20-15-25-11-5-4-6-12-25/h4-6,9-13,23,27H,3,7-8,14-22H2,1-2H3,(H,34,38)(H2,32,33,39)/t27-/m0/s1. The van der Waals surface area contributed by atoms with Crippen molar-refractivity contribution >= 4 is 23.5 Å². The van der Waals surface area contributed by atoms with E-state index in [0.29, 0.717) is 32.4 Å². The van der Waals surface area contributed by atoms with Crippen molar-refractivity contribution in [2.24, 2.45) is 0 Å². The van der Waals surface area contributed by atoms with Gasteiger partial charge in [0.05, 0.1) is 0 Å². The first kappa shape index (κ1) is 28.6. The quantitative estimate of drug-likeness (QED) is 0.379. The van der Waals surface area contributed by atoms with Gasteiger partial charge in [-0.3, -0.25) is 9.59 Å². The van der Waals surface area contributed by atoms with Gasteiger partial charge in [-0.05, 0) is 75.1 Å². The van der Waals surface area contributed by atoms with E-state index >= 15 is 0 Å². The third kappa shape index (κ3) is 7.38. The van der Waals surface area contributed by atoms with E-state index in [1.807, 2.05) is 42.2 Å². The first-order valence-corrected chi connectivity index (χ1v) is 14.4. The van der Waals surface area contributed by atoms with E-state index in [0.717, 1.165) is 56.6 Å². The van der Waals surface area contributed by atoms with Crippen LogP contribution in [0.5, 0.6) is 0 Å². The number of aryl methyl sites for hydroxylation is 1. The molecule has 3 N–H and O–H groups in total. The van der Waals surface area contributed by atoms with Gasteiger partial charge in [0.15, 0.2) is 0 Å². The number of amides is 4. The van der Waals surface area contributed by atoms with Crippen LogP contribution in [0.4, 0.5) is 10.5 Å². The van der Waals surface area contributed by atoms with Crippen LogP contribution in [0, 0.1) is 6.92 Å². The number of nitrogens with one attached hydrogen (secondary N) is 3. The highest BCUT2D eigenvalue weighted by atomic mass is 16.2. The van der Waals surface area contributed by atoms with Crippen LogP contribution < -0.4 is 16.0 Å². The van der Waals surface area contributed by atoms with Gasteiger partial charge in [0.25, 0.3) is 0 Å². The summed E-state index contributed by atoms with van der Waals surface area (Å²) < 4.78 is 0. The molecule has 0 aromatic heterocycles. The summed E-state index contributed by atoms with van der Waals surface area (Å²) in [6, 6.07) is 17.4. The minimum atomic E-state index is -0.734. The van der Waals surface area contributed by atoms with E-state index in [4.69, 9.17) is 0 Å². The van der Waals surface area contributed by atoms with E-state index in [2.05, 4.69) is 52.0 Å². The molecule has 0 saturated carbocycles. The van der Waals surface area contributed by atoms with Crippen LogP contribution in [0.2, 0.25) is 0 Å². The van der Waals surface area contributed by atoms with Gasteiger partial charge in [0, 0.05) is 38.4 Å². The number of nitrogens with zero attached hydrogens (tertiary/aromatic N) is 2. The molecule has 0 aliphatic carbocycles. The van der Waals surface area contributed by atoms with E-state index in [9.17, 15) is 14.4 Å². The number of unbranched alkanes of at least 4 members (excludes halogenated alkanes) is 1. The molecule has 2 aromatic carbocycles. The minimum Gasteiger partial charge on any atom is -0.342 e. The first-order valence-electron chi connectivity index (χ1n) is 14.4. The smallest absolute Gasteiger partial charge is 0.319 e. The number of carbonyl (C=O) groups is 3. The molecular formula is C31H43N5O3. The predicted molar refractivity (Wildman–Crippen MR) is 155 cm³/mol. The van der Waals surface area contributed by atoms with Crippen molar-refractivity contribution in [3.8, 4) is 0 Å². The van der Waals surface area contributed by atoms with Gasteiger partial charge in [-0.15, -0.1) is 0 Å². The summed E-state index contributed by atoms with van der Waals surface area (Å²) in [4.78, 5) is 43.5. The van der Waals surface area contributed by atoms with E-state index in [-0.39, 0.29) is 17.8 Å². The summed E-state index contributed by atoms with van der Waals surface area (Å²) >= 11 is 0. The fourth-order valence-corrected chi connectivity index (χ4v) is 5.77. The maximum absolute atomic E-state index is 13.5. The van der Waals surface area contributed by atoms with Crippen molar-refractivity contribution in [2.75, 3.05) is 38.0 Å². The molecule has 0 bridgehead atoms. The molecule has 8 heteroatoms. The number of piperidine rings is 1. The molecule has 2 aliphatic heterocycles. The maximum atomic E-state index is 13.5. The van der Waals surface area contributed by atoms with Gasteiger partial charge in [0.1, 0.15) is 11.6 Å². The van der Waals surface area contributed by atoms with E-state index in [1.54, 1.807) is 0 Å². The zero-order valence-electron chi connectivity index (χ0n) is 23.4. The molecule has 2 aromatic rings. The number of anilines is 1. The lowest BCUT2D eigenvalue weighted by atomic mass is 9.81. The summed E-state index contributed by atoms with van der Waals surface area (Å²) in [5.41, 5.74) is 2.43. The number of carbonyl (C=O) groups excluding carboxylic acids is 3. The lowest BCUT2D eigenvalue weighted by Gasteiger charge is -2.51. The molecule has 39 heavy (non-hydrogen) atoms. The Bertz CT molecular complexity index is 1110. The van der Waals surface area contributed by atoms with Crippen LogP contribution in [-0.2, 0) is 16.0 Å². The van der Waals surface area contributed by atoms with Gasteiger partial charge in [-0.25, -0.2) is 4.79 Å². The summed E-state index contributed by atoms with van der Waals surface area (Å²) in [7, 11) is 0. The zero-order valence-corrected chi connectivity index (χ0v) is 23.4. The van der Waals surface area contributed by atoms with Crippen LogP contribution in [0.1, 0.15) is 56.6 Å². The Labute approximate surface area is 232 Å². The summed E-state index contributed by atoms with van der Waals surface area (Å²) in [6.45, 7) is 7.74. The number of hydrogen-bond donors (Lipinski definition) is 3. The molecule has 2 fully saturated rings. The minimum absolute atomic E-state index is 0.00100. The number of likely N-dealkylation sites (tertiary alicyclic amines) is 1. The Morgan fingerprint density at radius 2 is 1.79 bits per heavy atom. The SMILES string of the molecule is CCCN1C(=O)[C@H](CCCCNC(=O)Nc2cccc(C)c2)NC(=O)C12CCN(CCc1ccccc1)CC2. The fourth-order valence-electron chi connectivity index (χ4n) is 5.77. The van der Waals surface area contributed by atoms with Crippen LogP contribution in [0.3, 0.4) is 0 Å². The van der Waals surface area contributed by atoms with E-state index in [1.165, 1.54) is 5.56 Å². The Morgan fingerprint density at radius 3 is 2.51 bits per heavy atom. The van der Waals surface area contributed by atoms with Gasteiger partial charge >= 0.3 is 6.03 Å².